The van der Waals surface area contributed by atoms with Crippen molar-refractivity contribution in [2.24, 2.45) is 0 Å². The fourth-order valence-electron chi connectivity index (χ4n) is 0.743. The van der Waals surface area contributed by atoms with Gasteiger partial charge in [0.15, 0.2) is 0 Å². The molecule has 0 bridgehead atoms. The molecule has 12 heavy (non-hydrogen) atoms. The SMILES string of the molecule is Fc1c(I)ccc(Cl)c1C(F)F. The second-order valence-electron chi connectivity index (χ2n) is 2.06. The average molecular weight is 306 g/mol. The number of rotatable bonds is 1. The van der Waals surface area contributed by atoms with Gasteiger partial charge in [0, 0.05) is 3.57 Å². The molecule has 5 heteroatoms. The fraction of sp³-hybridized carbons (Fsp3) is 0.143. The van der Waals surface area contributed by atoms with Crippen molar-refractivity contribution < 1.29 is 13.2 Å². The Balaban J connectivity index is 3.33. The highest BCUT2D eigenvalue weighted by Gasteiger charge is 2.19. The first-order chi connectivity index (χ1) is 5.54. The molecule has 0 heterocycles. The van der Waals surface area contributed by atoms with E-state index in [4.69, 9.17) is 11.6 Å². The molecular formula is C7H3ClF3I. The van der Waals surface area contributed by atoms with Crippen LogP contribution >= 0.6 is 34.2 Å². The molecule has 0 N–H and O–H groups in total. The topological polar surface area (TPSA) is 0 Å². The maximum atomic E-state index is 12.9. The standard InChI is InChI=1S/C7H3ClF3I/c8-3-1-2-4(12)6(9)5(3)7(10)11/h1-2,7H. The van der Waals surface area contributed by atoms with E-state index in [1.807, 2.05) is 0 Å². The van der Waals surface area contributed by atoms with Gasteiger partial charge in [0.05, 0.1) is 10.6 Å². The Labute approximate surface area is 85.9 Å². The molecule has 0 atom stereocenters. The summed E-state index contributed by atoms with van der Waals surface area (Å²) < 4.78 is 37.4. The van der Waals surface area contributed by atoms with Gasteiger partial charge in [-0.1, -0.05) is 11.6 Å². The van der Waals surface area contributed by atoms with Crippen LogP contribution in [-0.4, -0.2) is 0 Å². The van der Waals surface area contributed by atoms with Crippen LogP contribution in [0.3, 0.4) is 0 Å². The molecule has 66 valence electrons. The van der Waals surface area contributed by atoms with Crippen LogP contribution < -0.4 is 0 Å². The molecule has 1 aromatic rings. The first-order valence-corrected chi connectivity index (χ1v) is 4.41. The molecule has 0 saturated heterocycles. The lowest BCUT2D eigenvalue weighted by molar-refractivity contribution is 0.146. The normalized spacial score (nSPS) is 10.8. The molecule has 0 fully saturated rings. The molecule has 0 amide bonds. The van der Waals surface area contributed by atoms with Crippen LogP contribution in [-0.2, 0) is 0 Å². The number of hydrogen-bond donors (Lipinski definition) is 0. The maximum Gasteiger partial charge on any atom is 0.268 e. The smallest absolute Gasteiger partial charge is 0.205 e. The molecule has 1 rings (SSSR count). The molecule has 0 aliphatic carbocycles. The molecule has 0 unspecified atom stereocenters. The third kappa shape index (κ3) is 1.85. The van der Waals surface area contributed by atoms with Gasteiger partial charge in [-0.25, -0.2) is 13.2 Å². The van der Waals surface area contributed by atoms with Crippen LogP contribution in [0.5, 0.6) is 0 Å². The summed E-state index contributed by atoms with van der Waals surface area (Å²) in [5.41, 5.74) is -0.719. The summed E-state index contributed by atoms with van der Waals surface area (Å²) in [7, 11) is 0. The van der Waals surface area contributed by atoms with Gasteiger partial charge in [-0.15, -0.1) is 0 Å². The van der Waals surface area contributed by atoms with E-state index in [0.29, 0.717) is 0 Å². The predicted octanol–water partition coefficient (Wildman–Crippen LogP) is 4.02. The minimum absolute atomic E-state index is 0.146. The number of hydrogen-bond acceptors (Lipinski definition) is 0. The molecular weight excluding hydrogens is 303 g/mol. The van der Waals surface area contributed by atoms with E-state index in [9.17, 15) is 13.2 Å². The summed E-state index contributed by atoms with van der Waals surface area (Å²) in [5.74, 6) is -0.932. The van der Waals surface area contributed by atoms with Crippen molar-refractivity contribution in [2.45, 2.75) is 6.43 Å². The van der Waals surface area contributed by atoms with Crippen LogP contribution in [0, 0.1) is 9.39 Å². The van der Waals surface area contributed by atoms with Crippen molar-refractivity contribution in [1.82, 2.24) is 0 Å². The summed E-state index contributed by atoms with van der Waals surface area (Å²) in [6, 6.07) is 2.61. The summed E-state index contributed by atoms with van der Waals surface area (Å²) >= 11 is 7.01. The third-order valence-corrected chi connectivity index (χ3v) is 2.46. The van der Waals surface area contributed by atoms with Crippen LogP contribution in [0.4, 0.5) is 13.2 Å². The van der Waals surface area contributed by atoms with Gasteiger partial charge in [-0.05, 0) is 34.7 Å². The number of halogens is 5. The Morgan fingerprint density at radius 3 is 2.33 bits per heavy atom. The Bertz CT molecular complexity index is 301. The van der Waals surface area contributed by atoms with Gasteiger partial charge in [0.2, 0.25) is 0 Å². The Morgan fingerprint density at radius 1 is 1.33 bits per heavy atom. The van der Waals surface area contributed by atoms with Gasteiger partial charge in [0.25, 0.3) is 6.43 Å². The highest BCUT2D eigenvalue weighted by Crippen LogP contribution is 2.31. The van der Waals surface area contributed by atoms with Crippen LogP contribution in [0.2, 0.25) is 5.02 Å². The highest BCUT2D eigenvalue weighted by molar-refractivity contribution is 14.1. The first-order valence-electron chi connectivity index (χ1n) is 2.95. The summed E-state index contributed by atoms with van der Waals surface area (Å²) in [5, 5.41) is -0.233. The second kappa shape index (κ2) is 3.83. The van der Waals surface area contributed by atoms with Crippen molar-refractivity contribution in [3.8, 4) is 0 Å². The maximum absolute atomic E-state index is 12.9. The fourth-order valence-corrected chi connectivity index (χ4v) is 1.44. The van der Waals surface area contributed by atoms with E-state index in [2.05, 4.69) is 0 Å². The van der Waals surface area contributed by atoms with E-state index >= 15 is 0 Å². The lowest BCUT2D eigenvalue weighted by Gasteiger charge is -2.05. The molecule has 0 nitrogen and oxygen atoms in total. The van der Waals surface area contributed by atoms with Crippen LogP contribution in [0.25, 0.3) is 0 Å². The summed E-state index contributed by atoms with van der Waals surface area (Å²) in [6.45, 7) is 0. The van der Waals surface area contributed by atoms with E-state index < -0.39 is 17.8 Å². The minimum Gasteiger partial charge on any atom is -0.205 e. The van der Waals surface area contributed by atoms with Gasteiger partial charge < -0.3 is 0 Å². The monoisotopic (exact) mass is 306 g/mol. The first kappa shape index (κ1) is 10.1. The van der Waals surface area contributed by atoms with Crippen LogP contribution in [0.1, 0.15) is 12.0 Å². The molecule has 0 saturated carbocycles. The van der Waals surface area contributed by atoms with Gasteiger partial charge in [0.1, 0.15) is 5.82 Å². The Morgan fingerprint density at radius 2 is 1.92 bits per heavy atom. The summed E-state index contributed by atoms with van der Waals surface area (Å²) in [6.07, 6.45) is -2.87. The molecule has 0 aliphatic rings. The van der Waals surface area contributed by atoms with E-state index in [-0.39, 0.29) is 8.59 Å². The van der Waals surface area contributed by atoms with Gasteiger partial charge >= 0.3 is 0 Å². The molecule has 0 aliphatic heterocycles. The van der Waals surface area contributed by atoms with E-state index in [1.165, 1.54) is 12.1 Å². The Kier molecular flexibility index (Phi) is 3.22. The minimum atomic E-state index is -2.87. The van der Waals surface area contributed by atoms with E-state index in [1.54, 1.807) is 22.6 Å². The second-order valence-corrected chi connectivity index (χ2v) is 3.63. The van der Waals surface area contributed by atoms with Crippen LogP contribution in [0.15, 0.2) is 12.1 Å². The van der Waals surface area contributed by atoms with E-state index in [0.717, 1.165) is 0 Å². The highest BCUT2D eigenvalue weighted by atomic mass is 127. The lowest BCUT2D eigenvalue weighted by Crippen LogP contribution is -1.94. The largest absolute Gasteiger partial charge is 0.268 e. The molecule has 0 aromatic heterocycles. The zero-order chi connectivity index (χ0) is 9.30. The third-order valence-electron chi connectivity index (χ3n) is 1.30. The van der Waals surface area contributed by atoms with Gasteiger partial charge in [-0.3, -0.25) is 0 Å². The van der Waals surface area contributed by atoms with Crippen molar-refractivity contribution in [2.75, 3.05) is 0 Å². The van der Waals surface area contributed by atoms with Gasteiger partial charge in [-0.2, -0.15) is 0 Å². The average Bonchev–Trinajstić information content (AvgIpc) is 1.97. The molecule has 1 aromatic carbocycles. The van der Waals surface area contributed by atoms with Crippen molar-refractivity contribution >= 4 is 34.2 Å². The molecule has 0 spiro atoms. The Hall–Kier alpha value is 0.0300. The quantitative estimate of drug-likeness (QED) is 0.543. The summed E-state index contributed by atoms with van der Waals surface area (Å²) in [4.78, 5) is 0. The van der Waals surface area contributed by atoms with Crippen molar-refractivity contribution in [3.63, 3.8) is 0 Å². The predicted molar refractivity (Wildman–Crippen MR) is 49.1 cm³/mol. The zero-order valence-corrected chi connectivity index (χ0v) is 8.54. The molecule has 0 radical (unpaired) electrons. The number of alkyl halides is 2. The zero-order valence-electron chi connectivity index (χ0n) is 5.62. The lowest BCUT2D eigenvalue weighted by atomic mass is 10.2. The number of benzene rings is 1. The van der Waals surface area contributed by atoms with Crippen molar-refractivity contribution in [3.05, 3.63) is 32.1 Å². The van der Waals surface area contributed by atoms with Crippen molar-refractivity contribution in [1.29, 1.82) is 0 Å².